The molecule has 270 valence electrons. The fourth-order valence-corrected chi connectivity index (χ4v) is 6.60. The Bertz CT molecular complexity index is 698. The van der Waals surface area contributed by atoms with E-state index in [1.807, 2.05) is 0 Å². The van der Waals surface area contributed by atoms with Gasteiger partial charge >= 0.3 is 17.9 Å². The van der Waals surface area contributed by atoms with Crippen LogP contribution in [-0.4, -0.2) is 63.9 Å². The van der Waals surface area contributed by atoms with Crippen LogP contribution in [0.3, 0.4) is 0 Å². The number of carbonyl (C=O) groups is 3. The summed E-state index contributed by atoms with van der Waals surface area (Å²) in [7, 11) is 0. The summed E-state index contributed by atoms with van der Waals surface area (Å²) in [4.78, 5) is 33.1. The van der Waals surface area contributed by atoms with Crippen LogP contribution in [-0.2, 0) is 14.4 Å². The number of hydrogen-bond donors (Lipinski definition) is 3. The lowest BCUT2D eigenvalue weighted by Crippen LogP contribution is -2.51. The molecule has 0 saturated carbocycles. The maximum absolute atomic E-state index is 11.0. The second kappa shape index (κ2) is 33.0. The molecule has 0 aliphatic rings. The van der Waals surface area contributed by atoms with Gasteiger partial charge in [0.05, 0.1) is 26.2 Å². The van der Waals surface area contributed by atoms with Crippen LogP contribution < -0.4 is 0 Å². The van der Waals surface area contributed by atoms with Gasteiger partial charge in [-0.3, -0.25) is 14.4 Å². The highest BCUT2D eigenvalue weighted by Gasteiger charge is 2.26. The van der Waals surface area contributed by atoms with Gasteiger partial charge in [0.25, 0.3) is 0 Å². The number of carboxylic acid groups (broad SMARTS) is 3. The third-order valence-electron chi connectivity index (χ3n) is 9.46. The predicted molar refractivity (Wildman–Crippen MR) is 191 cm³/mol. The van der Waals surface area contributed by atoms with Crippen LogP contribution in [0.25, 0.3) is 0 Å². The molecule has 0 aromatic heterocycles. The zero-order valence-electron chi connectivity index (χ0n) is 30.0. The van der Waals surface area contributed by atoms with Crippen LogP contribution in [0.15, 0.2) is 12.2 Å². The monoisotopic (exact) mass is 653 g/mol. The predicted octanol–water partition coefficient (Wildman–Crippen LogP) is 10.9. The quantitative estimate of drug-likeness (QED) is 0.0350. The van der Waals surface area contributed by atoms with Gasteiger partial charge in [-0.05, 0) is 77.0 Å². The second-order valence-corrected chi connectivity index (χ2v) is 13.8. The van der Waals surface area contributed by atoms with Crippen LogP contribution in [0.2, 0.25) is 0 Å². The number of carboxylic acids is 3. The minimum atomic E-state index is -0.768. The van der Waals surface area contributed by atoms with Crippen LogP contribution in [0.5, 0.6) is 0 Å². The van der Waals surface area contributed by atoms with Gasteiger partial charge in [-0.2, -0.15) is 0 Å². The molecule has 0 bridgehead atoms. The van der Waals surface area contributed by atoms with Gasteiger partial charge in [0.2, 0.25) is 0 Å². The highest BCUT2D eigenvalue weighted by atomic mass is 16.4. The molecular weight excluding hydrogens is 578 g/mol. The number of rotatable bonds is 37. The van der Waals surface area contributed by atoms with E-state index < -0.39 is 17.9 Å². The standard InChI is InChI=1S/C39H73NO6/c1-2-3-4-5-6-7-8-9-10-11-12-13-14-15-16-17-18-19-20-21-22-26-33-40(34-27-23-30-37(41)42,35-28-24-31-38(43)44)36-29-25-32-39(45)46/h16-17H,2-15,18-36H2,1H3,(H2-,41,42,43,44,45,46)/p+1/b17-16+. The molecule has 0 spiro atoms. The van der Waals surface area contributed by atoms with Crippen molar-refractivity contribution in [3.8, 4) is 0 Å². The third kappa shape index (κ3) is 32.1. The number of aliphatic carboxylic acids is 3. The van der Waals surface area contributed by atoms with Gasteiger partial charge in [-0.15, -0.1) is 0 Å². The summed E-state index contributed by atoms with van der Waals surface area (Å²) in [5.74, 6) is -2.30. The molecule has 0 atom stereocenters. The zero-order valence-corrected chi connectivity index (χ0v) is 30.0. The molecular formula is C39H74NO6+. The first-order chi connectivity index (χ1) is 22.3. The number of unbranched alkanes of at least 4 members (excludes halogenated alkanes) is 21. The first-order valence-corrected chi connectivity index (χ1v) is 19.5. The topological polar surface area (TPSA) is 112 Å². The first-order valence-electron chi connectivity index (χ1n) is 19.5. The Kier molecular flexibility index (Phi) is 31.7. The molecule has 0 amide bonds. The number of hydrogen-bond acceptors (Lipinski definition) is 3. The number of allylic oxidation sites excluding steroid dienone is 2. The smallest absolute Gasteiger partial charge is 0.303 e. The van der Waals surface area contributed by atoms with E-state index in [-0.39, 0.29) is 19.3 Å². The Morgan fingerprint density at radius 2 is 0.652 bits per heavy atom. The Morgan fingerprint density at radius 1 is 0.391 bits per heavy atom. The molecule has 0 saturated heterocycles. The molecule has 0 aromatic carbocycles. The Hall–Kier alpha value is -1.89. The van der Waals surface area contributed by atoms with Crippen LogP contribution in [0, 0.1) is 0 Å². The Balaban J connectivity index is 4.19. The van der Waals surface area contributed by atoms with E-state index in [1.165, 1.54) is 116 Å². The largest absolute Gasteiger partial charge is 0.481 e. The van der Waals surface area contributed by atoms with E-state index in [4.69, 9.17) is 15.3 Å². The van der Waals surface area contributed by atoms with Crippen LogP contribution >= 0.6 is 0 Å². The van der Waals surface area contributed by atoms with E-state index in [1.54, 1.807) is 0 Å². The zero-order chi connectivity index (χ0) is 34.0. The first kappa shape index (κ1) is 44.1. The summed E-state index contributed by atoms with van der Waals surface area (Å²) in [6, 6.07) is 0. The number of quaternary nitrogens is 1. The molecule has 7 heteroatoms. The van der Waals surface area contributed by atoms with Gasteiger partial charge in [-0.1, -0.05) is 109 Å². The van der Waals surface area contributed by atoms with Crippen molar-refractivity contribution < 1.29 is 34.2 Å². The molecule has 0 rings (SSSR count). The lowest BCUT2D eigenvalue weighted by Gasteiger charge is -2.39. The highest BCUT2D eigenvalue weighted by molar-refractivity contribution is 5.67. The van der Waals surface area contributed by atoms with Gasteiger partial charge in [0, 0.05) is 19.3 Å². The molecule has 46 heavy (non-hydrogen) atoms. The maximum Gasteiger partial charge on any atom is 0.303 e. The van der Waals surface area contributed by atoms with Gasteiger partial charge in [-0.25, -0.2) is 0 Å². The van der Waals surface area contributed by atoms with Crippen molar-refractivity contribution in [3.63, 3.8) is 0 Å². The lowest BCUT2D eigenvalue weighted by molar-refractivity contribution is -0.929. The van der Waals surface area contributed by atoms with Crippen molar-refractivity contribution in [3.05, 3.63) is 12.2 Å². The maximum atomic E-state index is 11.0. The third-order valence-corrected chi connectivity index (χ3v) is 9.46. The normalized spacial score (nSPS) is 11.8. The van der Waals surface area contributed by atoms with Crippen molar-refractivity contribution in [2.24, 2.45) is 0 Å². The number of nitrogens with zero attached hydrogens (tertiary/aromatic N) is 1. The summed E-state index contributed by atoms with van der Waals surface area (Å²) in [5, 5.41) is 27.2. The van der Waals surface area contributed by atoms with Crippen molar-refractivity contribution in [2.45, 2.75) is 193 Å². The van der Waals surface area contributed by atoms with Crippen LogP contribution in [0.4, 0.5) is 0 Å². The fraction of sp³-hybridized carbons (Fsp3) is 0.872. The average Bonchev–Trinajstić information content (AvgIpc) is 3.02. The SMILES string of the molecule is CCCCCCCCCCCCCCC/C=C/CCCCCCC[N+](CCCCC(=O)O)(CCCCC(=O)O)CCCCC(=O)O. The van der Waals surface area contributed by atoms with Crippen molar-refractivity contribution >= 4 is 17.9 Å². The molecule has 0 unspecified atom stereocenters. The summed E-state index contributed by atoms with van der Waals surface area (Å²) in [6.45, 7) is 5.95. The molecule has 0 aromatic rings. The second-order valence-electron chi connectivity index (χ2n) is 13.8. The van der Waals surface area contributed by atoms with E-state index in [2.05, 4.69) is 19.1 Å². The summed E-state index contributed by atoms with van der Waals surface area (Å²) in [5.41, 5.74) is 0. The van der Waals surface area contributed by atoms with E-state index >= 15 is 0 Å². The van der Waals surface area contributed by atoms with Crippen molar-refractivity contribution in [1.29, 1.82) is 0 Å². The summed E-state index contributed by atoms with van der Waals surface area (Å²) >= 11 is 0. The summed E-state index contributed by atoms with van der Waals surface area (Å²) in [6.07, 6.45) is 36.2. The van der Waals surface area contributed by atoms with E-state index in [0.717, 1.165) is 62.8 Å². The minimum Gasteiger partial charge on any atom is -0.481 e. The molecule has 0 radical (unpaired) electrons. The molecule has 0 aliphatic carbocycles. The lowest BCUT2D eigenvalue weighted by atomic mass is 10.0. The van der Waals surface area contributed by atoms with E-state index in [0.29, 0.717) is 19.3 Å². The van der Waals surface area contributed by atoms with Gasteiger partial charge in [0.15, 0.2) is 0 Å². The van der Waals surface area contributed by atoms with Gasteiger partial charge < -0.3 is 19.8 Å². The average molecular weight is 653 g/mol. The molecule has 7 nitrogen and oxygen atoms in total. The fourth-order valence-electron chi connectivity index (χ4n) is 6.60. The minimum absolute atomic E-state index is 0.172. The Morgan fingerprint density at radius 3 is 0.957 bits per heavy atom. The highest BCUT2D eigenvalue weighted by Crippen LogP contribution is 2.20. The summed E-state index contributed by atoms with van der Waals surface area (Å²) < 4.78 is 0.862. The molecule has 0 fully saturated rings. The molecule has 3 N–H and O–H groups in total. The molecule has 0 aliphatic heterocycles. The van der Waals surface area contributed by atoms with Crippen molar-refractivity contribution in [1.82, 2.24) is 0 Å². The van der Waals surface area contributed by atoms with Crippen LogP contribution in [0.1, 0.15) is 193 Å². The van der Waals surface area contributed by atoms with Gasteiger partial charge in [0.1, 0.15) is 0 Å². The Labute approximate surface area is 283 Å². The van der Waals surface area contributed by atoms with Crippen molar-refractivity contribution in [2.75, 3.05) is 26.2 Å². The molecule has 0 heterocycles. The van der Waals surface area contributed by atoms with E-state index in [9.17, 15) is 14.4 Å².